The van der Waals surface area contributed by atoms with Gasteiger partial charge in [0.2, 0.25) is 18.6 Å². The van der Waals surface area contributed by atoms with Crippen molar-refractivity contribution in [2.24, 2.45) is 17.6 Å². The van der Waals surface area contributed by atoms with E-state index in [1.807, 2.05) is 35.7 Å². The predicted molar refractivity (Wildman–Crippen MR) is 148 cm³/mol. The Morgan fingerprint density at radius 3 is 2.33 bits per heavy atom. The maximum atomic E-state index is 14.4. The van der Waals surface area contributed by atoms with E-state index in [9.17, 15) is 14.4 Å². The molecule has 4 atom stereocenters. The molecule has 2 aliphatic heterocycles. The zero-order chi connectivity index (χ0) is 27.1. The van der Waals surface area contributed by atoms with Crippen molar-refractivity contribution in [2.75, 3.05) is 6.79 Å². The highest BCUT2D eigenvalue weighted by atomic mass is 35.5. The van der Waals surface area contributed by atoms with Crippen LogP contribution in [-0.4, -0.2) is 35.3 Å². The van der Waals surface area contributed by atoms with Crippen molar-refractivity contribution in [1.82, 2.24) is 4.90 Å². The van der Waals surface area contributed by atoms with Gasteiger partial charge in [0.15, 0.2) is 17.3 Å². The summed E-state index contributed by atoms with van der Waals surface area (Å²) in [6, 6.07) is 14.5. The lowest BCUT2D eigenvalue weighted by Gasteiger charge is -2.35. The molecule has 3 aromatic rings. The molecule has 39 heavy (non-hydrogen) atoms. The average molecular weight is 565 g/mol. The fraction of sp³-hybridized carbons (Fsp3) is 0.367. The second kappa shape index (κ2) is 10.7. The Hall–Kier alpha value is -3.36. The minimum Gasteiger partial charge on any atom is -0.454 e. The number of amides is 2. The lowest BCUT2D eigenvalue weighted by molar-refractivity contribution is -0.144. The van der Waals surface area contributed by atoms with E-state index in [1.54, 1.807) is 29.2 Å². The molecule has 2 amide bonds. The summed E-state index contributed by atoms with van der Waals surface area (Å²) in [5.74, 6) is -1.37. The molecule has 1 saturated carbocycles. The monoisotopic (exact) mass is 564 g/mol. The van der Waals surface area contributed by atoms with Gasteiger partial charge in [0.25, 0.3) is 0 Å². The zero-order valence-electron chi connectivity index (χ0n) is 21.3. The second-order valence-corrected chi connectivity index (χ2v) is 11.8. The van der Waals surface area contributed by atoms with Crippen LogP contribution in [0.4, 0.5) is 0 Å². The van der Waals surface area contributed by atoms with Crippen molar-refractivity contribution < 1.29 is 23.9 Å². The van der Waals surface area contributed by atoms with Gasteiger partial charge in [0.05, 0.1) is 16.8 Å². The van der Waals surface area contributed by atoms with E-state index in [2.05, 4.69) is 0 Å². The number of benzene rings is 2. The number of ketones is 1. The van der Waals surface area contributed by atoms with Crippen LogP contribution in [0.25, 0.3) is 0 Å². The third-order valence-electron chi connectivity index (χ3n) is 8.23. The first-order valence-electron chi connectivity index (χ1n) is 13.3. The molecular formula is C30H29ClN2O5S. The lowest BCUT2D eigenvalue weighted by atomic mass is 9.77. The molecule has 3 heterocycles. The van der Waals surface area contributed by atoms with Crippen LogP contribution in [0.5, 0.6) is 11.5 Å². The van der Waals surface area contributed by atoms with Gasteiger partial charge in [0.1, 0.15) is 6.04 Å². The molecule has 1 saturated heterocycles. The minimum atomic E-state index is -1.01. The molecule has 2 aromatic carbocycles. The fourth-order valence-electron chi connectivity index (χ4n) is 6.49. The maximum Gasteiger partial charge on any atom is 0.240 e. The number of hydrogen-bond acceptors (Lipinski definition) is 6. The smallest absolute Gasteiger partial charge is 0.240 e. The van der Waals surface area contributed by atoms with E-state index in [0.29, 0.717) is 27.0 Å². The Morgan fingerprint density at radius 2 is 1.64 bits per heavy atom. The Labute approximate surface area is 235 Å². The number of hydrogen-bond donors (Lipinski definition) is 1. The van der Waals surface area contributed by atoms with E-state index >= 15 is 0 Å². The van der Waals surface area contributed by atoms with Crippen molar-refractivity contribution in [3.8, 4) is 11.5 Å². The number of rotatable bonds is 6. The van der Waals surface area contributed by atoms with Crippen LogP contribution >= 0.6 is 22.9 Å². The second-order valence-electron chi connectivity index (χ2n) is 10.4. The highest BCUT2D eigenvalue weighted by Gasteiger charge is 2.57. The van der Waals surface area contributed by atoms with Gasteiger partial charge < -0.3 is 20.1 Å². The van der Waals surface area contributed by atoms with Crippen molar-refractivity contribution in [2.45, 2.75) is 50.1 Å². The number of thiophene rings is 1. The van der Waals surface area contributed by atoms with Crippen LogP contribution in [0.1, 0.15) is 64.9 Å². The molecule has 0 radical (unpaired) electrons. The number of nitrogens with two attached hydrogens (primary N) is 1. The summed E-state index contributed by atoms with van der Waals surface area (Å²) in [5.41, 5.74) is 7.56. The third-order valence-corrected chi connectivity index (χ3v) is 9.36. The maximum absolute atomic E-state index is 14.4. The van der Waals surface area contributed by atoms with Crippen LogP contribution in [0.15, 0.2) is 60.0 Å². The number of carbonyl (C=O) groups excluding carboxylic acids is 3. The Balaban J connectivity index is 1.56. The largest absolute Gasteiger partial charge is 0.454 e. The van der Waals surface area contributed by atoms with Crippen LogP contribution in [0.2, 0.25) is 5.02 Å². The van der Waals surface area contributed by atoms with Gasteiger partial charge in [-0.05, 0) is 59.7 Å². The van der Waals surface area contributed by atoms with Crippen LogP contribution in [0, 0.1) is 11.8 Å². The van der Waals surface area contributed by atoms with Gasteiger partial charge in [-0.2, -0.15) is 0 Å². The van der Waals surface area contributed by atoms with Crippen molar-refractivity contribution in [3.63, 3.8) is 0 Å². The van der Waals surface area contributed by atoms with Crippen LogP contribution < -0.4 is 15.2 Å². The molecule has 9 heteroatoms. The molecule has 6 rings (SSSR count). The summed E-state index contributed by atoms with van der Waals surface area (Å²) >= 11 is 7.56. The van der Waals surface area contributed by atoms with Gasteiger partial charge in [0, 0.05) is 16.9 Å². The first-order valence-corrected chi connectivity index (χ1v) is 14.5. The van der Waals surface area contributed by atoms with Gasteiger partial charge in [-0.25, -0.2) is 0 Å². The number of likely N-dealkylation sites (tertiary alicyclic amines) is 1. The number of nitrogens with zero attached hydrogens (tertiary/aromatic N) is 1. The normalized spacial score (nSPS) is 24.6. The number of carbonyl (C=O) groups is 3. The van der Waals surface area contributed by atoms with Gasteiger partial charge in [-0.3, -0.25) is 14.4 Å². The Kier molecular flexibility index (Phi) is 7.08. The van der Waals surface area contributed by atoms with Gasteiger partial charge in [-0.1, -0.05) is 55.1 Å². The summed E-state index contributed by atoms with van der Waals surface area (Å²) in [5, 5.41) is 2.39. The number of fused-ring (bicyclic) bond motifs is 1. The summed E-state index contributed by atoms with van der Waals surface area (Å²) in [4.78, 5) is 44.2. The molecule has 0 spiro atoms. The standard InChI is InChI=1S/C30H29ClN2O5S/c31-20-11-8-17(9-12-20)24-25(28(34)23-7-4-14-39-23)26(19-10-13-21-22(15-19)38-16-37-21)33(27(24)29(32)35)30(36)18-5-2-1-3-6-18/h4,7-15,18,24-27H,1-3,5-6,16H2,(H2,32,35). The van der Waals surface area contributed by atoms with Crippen molar-refractivity contribution in [1.29, 1.82) is 0 Å². The topological polar surface area (TPSA) is 98.9 Å². The van der Waals surface area contributed by atoms with E-state index in [-0.39, 0.29) is 24.4 Å². The van der Waals surface area contributed by atoms with E-state index in [4.69, 9.17) is 26.8 Å². The summed E-state index contributed by atoms with van der Waals surface area (Å²) in [6.45, 7) is 0.100. The molecule has 7 nitrogen and oxygen atoms in total. The molecule has 2 fully saturated rings. The van der Waals surface area contributed by atoms with E-state index in [0.717, 1.165) is 37.7 Å². The van der Waals surface area contributed by atoms with Crippen molar-refractivity contribution in [3.05, 3.63) is 81.0 Å². The Morgan fingerprint density at radius 1 is 0.923 bits per heavy atom. The predicted octanol–water partition coefficient (Wildman–Crippen LogP) is 5.73. The quantitative estimate of drug-likeness (QED) is 0.385. The highest BCUT2D eigenvalue weighted by Crippen LogP contribution is 2.53. The van der Waals surface area contributed by atoms with Crippen molar-refractivity contribution >= 4 is 40.5 Å². The van der Waals surface area contributed by atoms with Gasteiger partial charge in [-0.15, -0.1) is 11.3 Å². The molecule has 1 aliphatic carbocycles. The van der Waals surface area contributed by atoms with E-state index < -0.39 is 29.8 Å². The summed E-state index contributed by atoms with van der Waals surface area (Å²) in [6.07, 6.45) is 4.51. The summed E-state index contributed by atoms with van der Waals surface area (Å²) < 4.78 is 11.2. The van der Waals surface area contributed by atoms with Crippen LogP contribution in [0.3, 0.4) is 0 Å². The SMILES string of the molecule is NC(=O)C1C(c2ccc(Cl)cc2)C(C(=O)c2cccs2)C(c2ccc3c(c2)OCO3)N1C(=O)C1CCCCC1. The molecule has 202 valence electrons. The molecule has 3 aliphatic rings. The Bertz CT molecular complexity index is 1390. The van der Waals surface area contributed by atoms with Gasteiger partial charge >= 0.3 is 0 Å². The fourth-order valence-corrected chi connectivity index (χ4v) is 7.33. The zero-order valence-corrected chi connectivity index (χ0v) is 22.8. The lowest BCUT2D eigenvalue weighted by Crippen LogP contribution is -2.49. The van der Waals surface area contributed by atoms with E-state index in [1.165, 1.54) is 11.3 Å². The first-order chi connectivity index (χ1) is 18.9. The first kappa shape index (κ1) is 25.9. The third kappa shape index (κ3) is 4.70. The summed E-state index contributed by atoms with van der Waals surface area (Å²) in [7, 11) is 0. The molecular weight excluding hydrogens is 536 g/mol. The number of primary amides is 1. The molecule has 0 bridgehead atoms. The van der Waals surface area contributed by atoms with Crippen LogP contribution in [-0.2, 0) is 9.59 Å². The highest BCUT2D eigenvalue weighted by molar-refractivity contribution is 7.12. The average Bonchev–Trinajstić information content (AvgIpc) is 3.71. The minimum absolute atomic E-state index is 0.100. The molecule has 2 N–H and O–H groups in total. The molecule has 1 aromatic heterocycles. The molecule has 4 unspecified atom stereocenters. The number of halogens is 1. The number of Topliss-reactive ketones (excluding diaryl/α,β-unsaturated/α-hetero) is 1. The number of ether oxygens (including phenoxy) is 2.